The fourth-order valence-electron chi connectivity index (χ4n) is 2.85. The second-order valence-corrected chi connectivity index (χ2v) is 5.80. The predicted molar refractivity (Wildman–Crippen MR) is 86.9 cm³/mol. The summed E-state index contributed by atoms with van der Waals surface area (Å²) in [7, 11) is 0. The largest absolute Gasteiger partial charge is 0.397 e. The van der Waals surface area contributed by atoms with Crippen LogP contribution in [0.4, 0.5) is 11.4 Å². The van der Waals surface area contributed by atoms with Crippen molar-refractivity contribution in [2.24, 2.45) is 0 Å². The summed E-state index contributed by atoms with van der Waals surface area (Å²) in [6.07, 6.45) is 1.94. The number of hydrogen-bond acceptors (Lipinski definition) is 2. The van der Waals surface area contributed by atoms with E-state index in [9.17, 15) is 4.79 Å². The lowest BCUT2D eigenvalue weighted by molar-refractivity contribution is 0.0976. The van der Waals surface area contributed by atoms with Crippen LogP contribution in [0.15, 0.2) is 42.5 Å². The van der Waals surface area contributed by atoms with E-state index in [1.807, 2.05) is 23.1 Å². The quantitative estimate of drug-likeness (QED) is 0.812. The van der Waals surface area contributed by atoms with Crippen molar-refractivity contribution in [2.75, 3.05) is 10.6 Å². The number of amides is 1. The van der Waals surface area contributed by atoms with Crippen molar-refractivity contribution in [3.8, 4) is 0 Å². The van der Waals surface area contributed by atoms with Crippen LogP contribution in [-0.2, 0) is 6.42 Å². The van der Waals surface area contributed by atoms with Crippen molar-refractivity contribution in [3.05, 3.63) is 58.6 Å². The Labute approximate surface area is 129 Å². The molecule has 2 aromatic carbocycles. The van der Waals surface area contributed by atoms with Crippen LogP contribution < -0.4 is 10.6 Å². The van der Waals surface area contributed by atoms with Gasteiger partial charge in [-0.05, 0) is 43.5 Å². The molecule has 108 valence electrons. The van der Waals surface area contributed by atoms with E-state index in [0.717, 1.165) is 18.5 Å². The summed E-state index contributed by atoms with van der Waals surface area (Å²) < 4.78 is 0. The molecule has 2 N–H and O–H groups in total. The van der Waals surface area contributed by atoms with Crippen LogP contribution >= 0.6 is 11.6 Å². The first-order chi connectivity index (χ1) is 10.1. The van der Waals surface area contributed by atoms with Gasteiger partial charge in [0.2, 0.25) is 0 Å². The number of carbonyl (C=O) groups is 1. The zero-order valence-corrected chi connectivity index (χ0v) is 12.6. The Hall–Kier alpha value is -2.00. The number of fused-ring (bicyclic) bond motifs is 1. The highest BCUT2D eigenvalue weighted by Gasteiger charge is 2.29. The van der Waals surface area contributed by atoms with Crippen molar-refractivity contribution in [2.45, 2.75) is 25.8 Å². The maximum Gasteiger partial charge on any atom is 0.260 e. The van der Waals surface area contributed by atoms with Gasteiger partial charge >= 0.3 is 0 Å². The van der Waals surface area contributed by atoms with Crippen molar-refractivity contribution in [1.82, 2.24) is 0 Å². The molecule has 4 heteroatoms. The highest BCUT2D eigenvalue weighted by Crippen LogP contribution is 2.33. The molecule has 0 radical (unpaired) electrons. The molecule has 0 bridgehead atoms. The number of rotatable bonds is 1. The SMILES string of the molecule is CC1CCc2ccccc2N1C(=O)c1cccc(Cl)c1N. The fraction of sp³-hybridized carbons (Fsp3) is 0.235. The van der Waals surface area contributed by atoms with Gasteiger partial charge in [0.25, 0.3) is 5.91 Å². The van der Waals surface area contributed by atoms with Crippen LogP contribution in [0.3, 0.4) is 0 Å². The number of benzene rings is 2. The van der Waals surface area contributed by atoms with Crippen molar-refractivity contribution >= 4 is 28.9 Å². The number of nitrogen functional groups attached to an aromatic ring is 1. The summed E-state index contributed by atoms with van der Waals surface area (Å²) in [5.41, 5.74) is 8.96. The molecule has 0 saturated carbocycles. The number of aryl methyl sites for hydroxylation is 1. The Morgan fingerprint density at radius 1 is 1.24 bits per heavy atom. The van der Waals surface area contributed by atoms with Crippen LogP contribution in [0.1, 0.15) is 29.3 Å². The second-order valence-electron chi connectivity index (χ2n) is 5.39. The van der Waals surface area contributed by atoms with Crippen molar-refractivity contribution in [3.63, 3.8) is 0 Å². The second kappa shape index (κ2) is 5.41. The molecule has 0 spiro atoms. The molecule has 0 fully saturated rings. The van der Waals surface area contributed by atoms with Crippen LogP contribution in [0.25, 0.3) is 0 Å². The van der Waals surface area contributed by atoms with Gasteiger partial charge in [0.05, 0.1) is 16.3 Å². The smallest absolute Gasteiger partial charge is 0.260 e. The Kier molecular flexibility index (Phi) is 3.60. The molecule has 3 rings (SSSR count). The van der Waals surface area contributed by atoms with Gasteiger partial charge in [0.15, 0.2) is 0 Å². The number of hydrogen-bond donors (Lipinski definition) is 1. The lowest BCUT2D eigenvalue weighted by atomic mass is 9.95. The molecule has 2 aromatic rings. The Balaban J connectivity index is 2.07. The van der Waals surface area contributed by atoms with Crippen LogP contribution in [0.5, 0.6) is 0 Å². The Morgan fingerprint density at radius 2 is 2.00 bits per heavy atom. The van der Waals surface area contributed by atoms with Gasteiger partial charge in [-0.25, -0.2) is 0 Å². The molecule has 21 heavy (non-hydrogen) atoms. The highest BCUT2D eigenvalue weighted by molar-refractivity contribution is 6.34. The number of carbonyl (C=O) groups excluding carboxylic acids is 1. The standard InChI is InChI=1S/C17H17ClN2O/c1-11-9-10-12-5-2-3-8-15(12)20(11)17(21)13-6-4-7-14(18)16(13)19/h2-8,11H,9-10,19H2,1H3. The third-order valence-corrected chi connectivity index (χ3v) is 4.36. The third kappa shape index (κ3) is 2.38. The number of halogens is 1. The zero-order chi connectivity index (χ0) is 15.0. The van der Waals surface area contributed by atoms with Gasteiger partial charge in [0, 0.05) is 11.7 Å². The molecule has 1 amide bonds. The summed E-state index contributed by atoms with van der Waals surface area (Å²) >= 11 is 6.04. The van der Waals surface area contributed by atoms with Crippen molar-refractivity contribution in [1.29, 1.82) is 0 Å². The number of nitrogens with zero attached hydrogens (tertiary/aromatic N) is 1. The molecule has 1 aliphatic heterocycles. The Morgan fingerprint density at radius 3 is 2.81 bits per heavy atom. The first-order valence-corrected chi connectivity index (χ1v) is 7.43. The first-order valence-electron chi connectivity index (χ1n) is 7.05. The van der Waals surface area contributed by atoms with Gasteiger partial charge in [-0.1, -0.05) is 35.9 Å². The van der Waals surface area contributed by atoms with Crippen LogP contribution in [0.2, 0.25) is 5.02 Å². The average molecular weight is 301 g/mol. The van der Waals surface area contributed by atoms with Gasteiger partial charge in [-0.15, -0.1) is 0 Å². The number of nitrogens with two attached hydrogens (primary N) is 1. The molecular weight excluding hydrogens is 284 g/mol. The lowest BCUT2D eigenvalue weighted by Crippen LogP contribution is -2.42. The molecule has 1 aliphatic rings. The lowest BCUT2D eigenvalue weighted by Gasteiger charge is -2.35. The summed E-state index contributed by atoms with van der Waals surface area (Å²) in [5.74, 6) is -0.0883. The zero-order valence-electron chi connectivity index (χ0n) is 11.8. The normalized spacial score (nSPS) is 17.4. The van der Waals surface area contributed by atoms with Gasteiger partial charge < -0.3 is 10.6 Å². The van der Waals surface area contributed by atoms with Crippen LogP contribution in [0, 0.1) is 0 Å². The monoisotopic (exact) mass is 300 g/mol. The minimum Gasteiger partial charge on any atom is -0.397 e. The van der Waals surface area contributed by atoms with Gasteiger partial charge in [-0.3, -0.25) is 4.79 Å². The molecule has 1 atom stereocenters. The molecule has 0 saturated heterocycles. The molecule has 0 aromatic heterocycles. The van der Waals surface area contributed by atoms with E-state index in [2.05, 4.69) is 13.0 Å². The van der Waals surface area contributed by atoms with E-state index < -0.39 is 0 Å². The maximum absolute atomic E-state index is 12.9. The summed E-state index contributed by atoms with van der Waals surface area (Å²) in [6, 6.07) is 13.3. The first kappa shape index (κ1) is 14.0. The fourth-order valence-corrected chi connectivity index (χ4v) is 3.03. The minimum atomic E-state index is -0.0883. The Bertz CT molecular complexity index is 699. The summed E-state index contributed by atoms with van der Waals surface area (Å²) in [5, 5.41) is 0.416. The third-order valence-electron chi connectivity index (χ3n) is 4.03. The molecule has 1 unspecified atom stereocenters. The highest BCUT2D eigenvalue weighted by atomic mass is 35.5. The van der Waals surface area contributed by atoms with E-state index in [4.69, 9.17) is 17.3 Å². The van der Waals surface area contributed by atoms with Gasteiger partial charge in [0.1, 0.15) is 0 Å². The van der Waals surface area contributed by atoms with E-state index in [-0.39, 0.29) is 11.9 Å². The van der Waals surface area contributed by atoms with E-state index in [1.54, 1.807) is 18.2 Å². The number of anilines is 2. The average Bonchev–Trinajstić information content (AvgIpc) is 2.49. The summed E-state index contributed by atoms with van der Waals surface area (Å²) in [6.45, 7) is 2.06. The van der Waals surface area contributed by atoms with E-state index >= 15 is 0 Å². The van der Waals surface area contributed by atoms with E-state index in [0.29, 0.717) is 16.3 Å². The van der Waals surface area contributed by atoms with Crippen LogP contribution in [-0.4, -0.2) is 11.9 Å². The van der Waals surface area contributed by atoms with Gasteiger partial charge in [-0.2, -0.15) is 0 Å². The molecule has 3 nitrogen and oxygen atoms in total. The maximum atomic E-state index is 12.9. The van der Waals surface area contributed by atoms with E-state index in [1.165, 1.54) is 5.56 Å². The molecule has 1 heterocycles. The molecule has 0 aliphatic carbocycles. The van der Waals surface area contributed by atoms with Crippen molar-refractivity contribution < 1.29 is 4.79 Å². The predicted octanol–water partition coefficient (Wildman–Crippen LogP) is 3.90. The topological polar surface area (TPSA) is 46.3 Å². The minimum absolute atomic E-state index is 0.0883. The summed E-state index contributed by atoms with van der Waals surface area (Å²) in [4.78, 5) is 14.8. The molecular formula is C17H17ClN2O. The number of para-hydroxylation sites is 2.